The van der Waals surface area contributed by atoms with Crippen molar-refractivity contribution in [3.63, 3.8) is 0 Å². The molecule has 0 aliphatic carbocycles. The van der Waals surface area contributed by atoms with Gasteiger partial charge >= 0.3 is 0 Å². The van der Waals surface area contributed by atoms with E-state index in [4.69, 9.17) is 5.73 Å². The van der Waals surface area contributed by atoms with E-state index < -0.39 is 5.66 Å². The largest absolute Gasteiger partial charge is 0.312 e. The van der Waals surface area contributed by atoms with Crippen molar-refractivity contribution in [2.45, 2.75) is 51.7 Å². The molecular formula is C9H20N2O. The first kappa shape index (κ1) is 9.96. The van der Waals surface area contributed by atoms with Crippen molar-refractivity contribution in [3.05, 3.63) is 0 Å². The van der Waals surface area contributed by atoms with E-state index in [-0.39, 0.29) is 5.54 Å². The zero-order chi connectivity index (χ0) is 9.57. The molecule has 12 heavy (non-hydrogen) atoms. The minimum atomic E-state index is -0.568. The molecule has 1 rings (SSSR count). The van der Waals surface area contributed by atoms with Gasteiger partial charge in [-0.15, -0.1) is 0 Å². The second-order valence-corrected chi connectivity index (χ2v) is 4.99. The molecule has 0 aromatic carbocycles. The second-order valence-electron chi connectivity index (χ2n) is 4.99. The number of hydrogen-bond donors (Lipinski definition) is 2. The highest BCUT2D eigenvalue weighted by Gasteiger charge is 2.43. The van der Waals surface area contributed by atoms with Crippen LogP contribution in [0, 0.1) is 5.92 Å². The summed E-state index contributed by atoms with van der Waals surface area (Å²) < 4.78 is 0. The van der Waals surface area contributed by atoms with Gasteiger partial charge in [-0.05, 0) is 39.5 Å². The third-order valence-corrected chi connectivity index (χ3v) is 2.67. The summed E-state index contributed by atoms with van der Waals surface area (Å²) in [6, 6.07) is 0. The molecule has 1 aliphatic rings. The van der Waals surface area contributed by atoms with E-state index >= 15 is 0 Å². The van der Waals surface area contributed by atoms with E-state index in [9.17, 15) is 5.21 Å². The lowest BCUT2D eigenvalue weighted by Gasteiger charge is -2.50. The molecular weight excluding hydrogens is 152 g/mol. The molecule has 2 unspecified atom stereocenters. The van der Waals surface area contributed by atoms with Crippen LogP contribution >= 0.6 is 0 Å². The van der Waals surface area contributed by atoms with Gasteiger partial charge in [0.05, 0.1) is 5.66 Å². The number of nitrogens with two attached hydrogens (primary N) is 1. The quantitative estimate of drug-likeness (QED) is 0.583. The smallest absolute Gasteiger partial charge is 0.0905 e. The second kappa shape index (κ2) is 2.69. The molecule has 2 atom stereocenters. The highest BCUT2D eigenvalue weighted by molar-refractivity contribution is 4.93. The molecule has 72 valence electrons. The summed E-state index contributed by atoms with van der Waals surface area (Å²) in [5.74, 6) is 0.582. The van der Waals surface area contributed by atoms with Crippen LogP contribution in [0.5, 0.6) is 0 Å². The van der Waals surface area contributed by atoms with Crippen molar-refractivity contribution >= 4 is 0 Å². The van der Waals surface area contributed by atoms with Crippen LogP contribution in [0.15, 0.2) is 0 Å². The Balaban J connectivity index is 2.84. The van der Waals surface area contributed by atoms with Crippen LogP contribution in [-0.4, -0.2) is 21.5 Å². The SMILES string of the molecule is CC1CC(C)(C)N(O)C(C)(N)C1. The summed E-state index contributed by atoms with van der Waals surface area (Å²) >= 11 is 0. The molecule has 3 heteroatoms. The minimum absolute atomic E-state index is 0.193. The molecule has 1 fully saturated rings. The molecule has 0 amide bonds. The maximum atomic E-state index is 9.79. The third kappa shape index (κ3) is 1.63. The molecule has 1 aliphatic heterocycles. The summed E-state index contributed by atoms with van der Waals surface area (Å²) in [6.07, 6.45) is 1.85. The standard InChI is InChI=1S/C9H20N2O/c1-7-5-8(2,3)11(12)9(4,10)6-7/h7,12H,5-6,10H2,1-4H3. The first-order valence-corrected chi connectivity index (χ1v) is 4.54. The highest BCUT2D eigenvalue weighted by Crippen LogP contribution is 2.36. The number of hydrogen-bond acceptors (Lipinski definition) is 3. The van der Waals surface area contributed by atoms with E-state index in [2.05, 4.69) is 6.92 Å². The Bertz CT molecular complexity index is 159. The summed E-state index contributed by atoms with van der Waals surface area (Å²) in [5.41, 5.74) is 5.20. The van der Waals surface area contributed by atoms with Crippen molar-refractivity contribution < 1.29 is 5.21 Å². The Morgan fingerprint density at radius 1 is 1.33 bits per heavy atom. The fourth-order valence-corrected chi connectivity index (χ4v) is 2.49. The minimum Gasteiger partial charge on any atom is -0.312 e. The van der Waals surface area contributed by atoms with Crippen LogP contribution in [0.2, 0.25) is 0 Å². The Labute approximate surface area is 74.5 Å². The van der Waals surface area contributed by atoms with Gasteiger partial charge in [0.25, 0.3) is 0 Å². The zero-order valence-corrected chi connectivity index (χ0v) is 8.46. The van der Waals surface area contributed by atoms with Gasteiger partial charge in [-0.2, -0.15) is 5.06 Å². The van der Waals surface area contributed by atoms with Gasteiger partial charge in [-0.3, -0.25) is 0 Å². The lowest BCUT2D eigenvalue weighted by Crippen LogP contribution is -2.64. The van der Waals surface area contributed by atoms with Crippen LogP contribution in [-0.2, 0) is 0 Å². The van der Waals surface area contributed by atoms with Crippen LogP contribution in [0.4, 0.5) is 0 Å². The fraction of sp³-hybridized carbons (Fsp3) is 1.00. The van der Waals surface area contributed by atoms with Gasteiger partial charge in [0.2, 0.25) is 0 Å². The van der Waals surface area contributed by atoms with Gasteiger partial charge in [-0.25, -0.2) is 0 Å². The molecule has 0 aromatic rings. The maximum absolute atomic E-state index is 9.79. The van der Waals surface area contributed by atoms with Crippen molar-refractivity contribution in [1.29, 1.82) is 0 Å². The van der Waals surface area contributed by atoms with Gasteiger partial charge in [0.15, 0.2) is 0 Å². The molecule has 0 radical (unpaired) electrons. The Morgan fingerprint density at radius 3 is 2.25 bits per heavy atom. The van der Waals surface area contributed by atoms with E-state index in [0.717, 1.165) is 12.8 Å². The maximum Gasteiger partial charge on any atom is 0.0905 e. The number of hydroxylamine groups is 2. The van der Waals surface area contributed by atoms with Crippen LogP contribution in [0.1, 0.15) is 40.5 Å². The molecule has 1 heterocycles. The van der Waals surface area contributed by atoms with E-state index in [1.165, 1.54) is 5.06 Å². The van der Waals surface area contributed by atoms with Gasteiger partial charge < -0.3 is 10.9 Å². The molecule has 0 spiro atoms. The predicted octanol–water partition coefficient (Wildman–Crippen LogP) is 1.56. The number of nitrogens with zero attached hydrogens (tertiary/aromatic N) is 1. The first-order valence-electron chi connectivity index (χ1n) is 4.54. The third-order valence-electron chi connectivity index (χ3n) is 2.67. The first-order chi connectivity index (χ1) is 5.26. The van der Waals surface area contributed by atoms with Crippen molar-refractivity contribution in [2.24, 2.45) is 11.7 Å². The highest BCUT2D eigenvalue weighted by atomic mass is 16.5. The number of piperidine rings is 1. The number of rotatable bonds is 0. The Kier molecular flexibility index (Phi) is 2.23. The van der Waals surface area contributed by atoms with Gasteiger partial charge in [0, 0.05) is 5.54 Å². The Hall–Kier alpha value is -0.120. The molecule has 0 saturated carbocycles. The molecule has 1 saturated heterocycles. The monoisotopic (exact) mass is 172 g/mol. The molecule has 0 bridgehead atoms. The predicted molar refractivity (Wildman–Crippen MR) is 48.7 cm³/mol. The molecule has 3 N–H and O–H groups in total. The van der Waals surface area contributed by atoms with Crippen LogP contribution < -0.4 is 5.73 Å². The topological polar surface area (TPSA) is 49.5 Å². The fourth-order valence-electron chi connectivity index (χ4n) is 2.49. The summed E-state index contributed by atoms with van der Waals surface area (Å²) in [7, 11) is 0. The lowest BCUT2D eigenvalue weighted by atomic mass is 9.79. The zero-order valence-electron chi connectivity index (χ0n) is 8.46. The summed E-state index contributed by atoms with van der Waals surface area (Å²) in [4.78, 5) is 0. The normalized spacial score (nSPS) is 43.0. The average Bonchev–Trinajstić information content (AvgIpc) is 1.80. The van der Waals surface area contributed by atoms with Gasteiger partial charge in [0.1, 0.15) is 0 Å². The van der Waals surface area contributed by atoms with Gasteiger partial charge in [-0.1, -0.05) is 6.92 Å². The lowest BCUT2D eigenvalue weighted by molar-refractivity contribution is -0.253. The van der Waals surface area contributed by atoms with Crippen LogP contribution in [0.25, 0.3) is 0 Å². The summed E-state index contributed by atoms with van der Waals surface area (Å²) in [5, 5.41) is 11.1. The summed E-state index contributed by atoms with van der Waals surface area (Å²) in [6.45, 7) is 8.10. The van der Waals surface area contributed by atoms with Crippen molar-refractivity contribution in [1.82, 2.24) is 5.06 Å². The van der Waals surface area contributed by atoms with E-state index in [0.29, 0.717) is 5.92 Å². The van der Waals surface area contributed by atoms with Crippen molar-refractivity contribution in [2.75, 3.05) is 0 Å². The van der Waals surface area contributed by atoms with E-state index in [1.54, 1.807) is 0 Å². The molecule has 3 nitrogen and oxygen atoms in total. The Morgan fingerprint density at radius 2 is 1.83 bits per heavy atom. The van der Waals surface area contributed by atoms with Crippen LogP contribution in [0.3, 0.4) is 0 Å². The van der Waals surface area contributed by atoms with Crippen molar-refractivity contribution in [3.8, 4) is 0 Å². The molecule has 0 aromatic heterocycles. The average molecular weight is 172 g/mol. The van der Waals surface area contributed by atoms with E-state index in [1.807, 2.05) is 20.8 Å².